The van der Waals surface area contributed by atoms with Crippen LogP contribution in [0.15, 0.2) is 23.9 Å². The molecule has 0 radical (unpaired) electrons. The highest BCUT2D eigenvalue weighted by molar-refractivity contribution is 5.18. The van der Waals surface area contributed by atoms with Crippen LogP contribution in [0.4, 0.5) is 0 Å². The highest BCUT2D eigenvalue weighted by Crippen LogP contribution is 1.99. The molecular weight excluding hydrogens is 114 g/mol. The number of hydrogen-bond acceptors (Lipinski definition) is 2. The Balaban J connectivity index is 2.51. The van der Waals surface area contributed by atoms with E-state index >= 15 is 0 Å². The molecule has 0 fully saturated rings. The summed E-state index contributed by atoms with van der Waals surface area (Å²) in [4.78, 5) is 0. The summed E-state index contributed by atoms with van der Waals surface area (Å²) in [5.41, 5.74) is 1.11. The van der Waals surface area contributed by atoms with E-state index in [1.807, 2.05) is 25.2 Å². The standard InChI is InChI=1S/C7H11NO/c1-6-3-2-4-7(5-9)8-6/h2-4,7-9H,5H2,1H3/t7-/m0/s1. The zero-order chi connectivity index (χ0) is 6.69. The van der Waals surface area contributed by atoms with Crippen molar-refractivity contribution in [1.29, 1.82) is 0 Å². The average molecular weight is 125 g/mol. The maximum absolute atomic E-state index is 8.67. The van der Waals surface area contributed by atoms with Crippen molar-refractivity contribution in [2.24, 2.45) is 0 Å². The third-order valence-electron chi connectivity index (χ3n) is 1.30. The van der Waals surface area contributed by atoms with Crippen molar-refractivity contribution < 1.29 is 5.11 Å². The summed E-state index contributed by atoms with van der Waals surface area (Å²) in [7, 11) is 0. The number of aliphatic hydroxyl groups is 1. The Bertz CT molecular complexity index is 149. The fraction of sp³-hybridized carbons (Fsp3) is 0.429. The number of aliphatic hydroxyl groups excluding tert-OH is 1. The van der Waals surface area contributed by atoms with Crippen LogP contribution >= 0.6 is 0 Å². The molecule has 9 heavy (non-hydrogen) atoms. The molecule has 0 saturated carbocycles. The van der Waals surface area contributed by atoms with Crippen molar-refractivity contribution in [1.82, 2.24) is 5.32 Å². The Morgan fingerprint density at radius 1 is 1.78 bits per heavy atom. The van der Waals surface area contributed by atoms with E-state index in [0.717, 1.165) is 5.70 Å². The molecular formula is C7H11NO. The molecule has 1 atom stereocenters. The highest BCUT2D eigenvalue weighted by atomic mass is 16.3. The summed E-state index contributed by atoms with van der Waals surface area (Å²) < 4.78 is 0. The van der Waals surface area contributed by atoms with Crippen molar-refractivity contribution in [2.45, 2.75) is 13.0 Å². The molecule has 0 saturated heterocycles. The van der Waals surface area contributed by atoms with Gasteiger partial charge in [0.1, 0.15) is 0 Å². The second kappa shape index (κ2) is 2.69. The molecule has 0 aliphatic carbocycles. The Hall–Kier alpha value is -0.760. The lowest BCUT2D eigenvalue weighted by Crippen LogP contribution is -2.30. The minimum absolute atomic E-state index is 0.120. The number of hydrogen-bond donors (Lipinski definition) is 2. The zero-order valence-corrected chi connectivity index (χ0v) is 5.46. The van der Waals surface area contributed by atoms with Crippen LogP contribution in [0.3, 0.4) is 0 Å². The molecule has 1 heterocycles. The van der Waals surface area contributed by atoms with E-state index in [-0.39, 0.29) is 12.6 Å². The van der Waals surface area contributed by atoms with Gasteiger partial charge >= 0.3 is 0 Å². The van der Waals surface area contributed by atoms with E-state index in [4.69, 9.17) is 5.11 Å². The Labute approximate surface area is 54.9 Å². The topological polar surface area (TPSA) is 32.3 Å². The van der Waals surface area contributed by atoms with Gasteiger partial charge in [-0.25, -0.2) is 0 Å². The van der Waals surface area contributed by atoms with E-state index in [2.05, 4.69) is 5.32 Å². The molecule has 0 aromatic heterocycles. The van der Waals surface area contributed by atoms with Gasteiger partial charge in [0.05, 0.1) is 12.6 Å². The lowest BCUT2D eigenvalue weighted by Gasteiger charge is -2.16. The quantitative estimate of drug-likeness (QED) is 0.532. The third kappa shape index (κ3) is 1.57. The first kappa shape index (κ1) is 6.36. The van der Waals surface area contributed by atoms with Crippen LogP contribution in [0.1, 0.15) is 6.92 Å². The predicted octanol–water partition coefficient (Wildman–Crippen LogP) is 0.411. The molecule has 0 bridgehead atoms. The second-order valence-corrected chi connectivity index (χ2v) is 2.17. The number of nitrogens with one attached hydrogen (secondary N) is 1. The van der Waals surface area contributed by atoms with E-state index in [1.54, 1.807) is 0 Å². The van der Waals surface area contributed by atoms with Crippen molar-refractivity contribution in [3.8, 4) is 0 Å². The van der Waals surface area contributed by atoms with Gasteiger partial charge in [0, 0.05) is 5.70 Å². The van der Waals surface area contributed by atoms with Gasteiger partial charge < -0.3 is 10.4 Å². The molecule has 2 N–H and O–H groups in total. The molecule has 1 aliphatic heterocycles. The van der Waals surface area contributed by atoms with E-state index in [9.17, 15) is 0 Å². The first-order valence-electron chi connectivity index (χ1n) is 3.05. The molecule has 0 aromatic carbocycles. The molecule has 0 aromatic rings. The van der Waals surface area contributed by atoms with Crippen molar-refractivity contribution >= 4 is 0 Å². The fourth-order valence-electron chi connectivity index (χ4n) is 0.829. The van der Waals surface area contributed by atoms with Gasteiger partial charge in [-0.2, -0.15) is 0 Å². The molecule has 0 amide bonds. The third-order valence-corrected chi connectivity index (χ3v) is 1.30. The lowest BCUT2D eigenvalue weighted by atomic mass is 10.2. The van der Waals surface area contributed by atoms with Gasteiger partial charge in [-0.15, -0.1) is 0 Å². The van der Waals surface area contributed by atoms with Crippen LogP contribution in [-0.4, -0.2) is 17.8 Å². The number of rotatable bonds is 1. The van der Waals surface area contributed by atoms with E-state index in [0.29, 0.717) is 0 Å². The SMILES string of the molecule is CC1=CC=C[C@@H](CO)N1. The smallest absolute Gasteiger partial charge is 0.0675 e. The Morgan fingerprint density at radius 3 is 3.00 bits per heavy atom. The first-order valence-corrected chi connectivity index (χ1v) is 3.05. The summed E-state index contributed by atoms with van der Waals surface area (Å²) in [6.45, 7) is 2.15. The molecule has 50 valence electrons. The molecule has 0 spiro atoms. The summed E-state index contributed by atoms with van der Waals surface area (Å²) in [6, 6.07) is 0.120. The van der Waals surface area contributed by atoms with Gasteiger partial charge in [0.2, 0.25) is 0 Å². The summed E-state index contributed by atoms with van der Waals surface area (Å²) >= 11 is 0. The van der Waals surface area contributed by atoms with Gasteiger partial charge in [-0.1, -0.05) is 12.2 Å². The molecule has 2 heteroatoms. The Kier molecular flexibility index (Phi) is 1.90. The molecule has 0 unspecified atom stereocenters. The molecule has 1 aliphatic rings. The zero-order valence-electron chi connectivity index (χ0n) is 5.46. The van der Waals surface area contributed by atoms with Crippen molar-refractivity contribution in [3.05, 3.63) is 23.9 Å². The molecule has 1 rings (SSSR count). The van der Waals surface area contributed by atoms with Gasteiger partial charge in [-0.05, 0) is 13.0 Å². The maximum atomic E-state index is 8.67. The highest BCUT2D eigenvalue weighted by Gasteiger charge is 2.03. The Morgan fingerprint density at radius 2 is 2.56 bits per heavy atom. The van der Waals surface area contributed by atoms with Crippen LogP contribution in [0.2, 0.25) is 0 Å². The van der Waals surface area contributed by atoms with Crippen LogP contribution in [-0.2, 0) is 0 Å². The summed E-state index contributed by atoms with van der Waals surface area (Å²) in [5.74, 6) is 0. The van der Waals surface area contributed by atoms with Gasteiger partial charge in [-0.3, -0.25) is 0 Å². The number of allylic oxidation sites excluding steroid dienone is 3. The average Bonchev–Trinajstić information content (AvgIpc) is 1.88. The largest absolute Gasteiger partial charge is 0.394 e. The number of dihydropyridines is 1. The van der Waals surface area contributed by atoms with Gasteiger partial charge in [0.15, 0.2) is 0 Å². The summed E-state index contributed by atoms with van der Waals surface area (Å²) in [5, 5.41) is 11.8. The minimum Gasteiger partial charge on any atom is -0.394 e. The maximum Gasteiger partial charge on any atom is 0.0675 e. The first-order chi connectivity index (χ1) is 4.33. The van der Waals surface area contributed by atoms with Crippen molar-refractivity contribution in [3.63, 3.8) is 0 Å². The second-order valence-electron chi connectivity index (χ2n) is 2.17. The van der Waals surface area contributed by atoms with Crippen LogP contribution < -0.4 is 5.32 Å². The summed E-state index contributed by atoms with van der Waals surface area (Å²) in [6.07, 6.45) is 5.87. The van der Waals surface area contributed by atoms with E-state index < -0.39 is 0 Å². The minimum atomic E-state index is 0.120. The normalized spacial score (nSPS) is 25.1. The fourth-order valence-corrected chi connectivity index (χ4v) is 0.829. The van der Waals surface area contributed by atoms with Crippen LogP contribution in [0.25, 0.3) is 0 Å². The van der Waals surface area contributed by atoms with E-state index in [1.165, 1.54) is 0 Å². The van der Waals surface area contributed by atoms with Crippen LogP contribution in [0, 0.1) is 0 Å². The van der Waals surface area contributed by atoms with Crippen LogP contribution in [0.5, 0.6) is 0 Å². The predicted molar refractivity (Wildman–Crippen MR) is 36.9 cm³/mol. The molecule has 2 nitrogen and oxygen atoms in total. The van der Waals surface area contributed by atoms with Crippen molar-refractivity contribution in [2.75, 3.05) is 6.61 Å². The monoisotopic (exact) mass is 125 g/mol. The van der Waals surface area contributed by atoms with Gasteiger partial charge in [0.25, 0.3) is 0 Å². The lowest BCUT2D eigenvalue weighted by molar-refractivity contribution is 0.270.